The highest BCUT2D eigenvalue weighted by molar-refractivity contribution is 5.98. The van der Waals surface area contributed by atoms with Crippen molar-refractivity contribution in [1.82, 2.24) is 15.1 Å². The molecule has 1 aromatic heterocycles. The number of aromatic nitrogens is 2. The summed E-state index contributed by atoms with van der Waals surface area (Å²) in [7, 11) is 1.60. The quantitative estimate of drug-likeness (QED) is 0.739. The Bertz CT molecular complexity index is 1100. The number of H-pyrrole nitrogens is 1. The lowest BCUT2D eigenvalue weighted by Gasteiger charge is -2.40. The zero-order valence-corrected chi connectivity index (χ0v) is 16.7. The number of hydrogen-bond acceptors (Lipinski definition) is 4. The summed E-state index contributed by atoms with van der Waals surface area (Å²) in [6, 6.07) is 13.7. The largest absolute Gasteiger partial charge is 0.493 e. The molecule has 0 bridgehead atoms. The first-order valence-electron chi connectivity index (χ1n) is 9.50. The van der Waals surface area contributed by atoms with Crippen LogP contribution in [0.5, 0.6) is 5.75 Å². The van der Waals surface area contributed by atoms with Crippen LogP contribution in [0, 0.1) is 25.2 Å². The molecule has 6 heteroatoms. The minimum absolute atomic E-state index is 0.0344. The SMILES string of the molecule is COc1cn[nH]c1-c1cc(C(=O)N2CC(c3ccc(C#N)cc3)C2)c(C)cc1C. The minimum Gasteiger partial charge on any atom is -0.493 e. The van der Waals surface area contributed by atoms with Crippen LogP contribution in [0.25, 0.3) is 11.3 Å². The van der Waals surface area contributed by atoms with Crippen molar-refractivity contribution in [3.63, 3.8) is 0 Å². The number of nitrogens with zero attached hydrogens (tertiary/aromatic N) is 3. The van der Waals surface area contributed by atoms with Gasteiger partial charge in [0.1, 0.15) is 5.69 Å². The van der Waals surface area contributed by atoms with E-state index in [0.29, 0.717) is 35.9 Å². The maximum Gasteiger partial charge on any atom is 0.254 e. The summed E-state index contributed by atoms with van der Waals surface area (Å²) < 4.78 is 5.38. The smallest absolute Gasteiger partial charge is 0.254 e. The van der Waals surface area contributed by atoms with E-state index in [0.717, 1.165) is 27.9 Å². The van der Waals surface area contributed by atoms with Gasteiger partial charge in [0.15, 0.2) is 5.75 Å². The van der Waals surface area contributed by atoms with E-state index < -0.39 is 0 Å². The van der Waals surface area contributed by atoms with Crippen LogP contribution in [-0.4, -0.2) is 41.2 Å². The highest BCUT2D eigenvalue weighted by atomic mass is 16.5. The van der Waals surface area contributed by atoms with Gasteiger partial charge in [0.05, 0.1) is 24.9 Å². The van der Waals surface area contributed by atoms with Crippen LogP contribution >= 0.6 is 0 Å². The first kappa shape index (κ1) is 18.8. The predicted molar refractivity (Wildman–Crippen MR) is 110 cm³/mol. The highest BCUT2D eigenvalue weighted by Crippen LogP contribution is 2.34. The number of hydrogen-bond donors (Lipinski definition) is 1. The molecule has 1 aliphatic heterocycles. The number of aromatic amines is 1. The van der Waals surface area contributed by atoms with Crippen molar-refractivity contribution < 1.29 is 9.53 Å². The van der Waals surface area contributed by atoms with Gasteiger partial charge in [-0.15, -0.1) is 0 Å². The molecule has 1 N–H and O–H groups in total. The van der Waals surface area contributed by atoms with E-state index in [1.54, 1.807) is 13.3 Å². The molecule has 0 saturated carbocycles. The van der Waals surface area contributed by atoms with Crippen molar-refractivity contribution in [2.24, 2.45) is 0 Å². The van der Waals surface area contributed by atoms with Gasteiger partial charge in [-0.1, -0.05) is 18.2 Å². The van der Waals surface area contributed by atoms with Crippen LogP contribution in [-0.2, 0) is 0 Å². The average molecular weight is 386 g/mol. The molecule has 1 aliphatic rings. The molecule has 0 atom stereocenters. The number of nitriles is 1. The van der Waals surface area contributed by atoms with Gasteiger partial charge in [-0.25, -0.2) is 0 Å². The van der Waals surface area contributed by atoms with E-state index in [2.05, 4.69) is 16.3 Å². The fourth-order valence-electron chi connectivity index (χ4n) is 3.83. The third-order valence-electron chi connectivity index (χ3n) is 5.58. The number of aryl methyl sites for hydroxylation is 2. The molecule has 1 fully saturated rings. The fourth-order valence-corrected chi connectivity index (χ4v) is 3.83. The maximum atomic E-state index is 13.1. The molecule has 2 aromatic carbocycles. The minimum atomic E-state index is 0.0344. The molecule has 0 radical (unpaired) electrons. The molecular formula is C23H22N4O2. The Morgan fingerprint density at radius 2 is 1.93 bits per heavy atom. The Kier molecular flexibility index (Phi) is 4.81. The molecule has 4 rings (SSSR count). The van der Waals surface area contributed by atoms with Crippen LogP contribution in [0.1, 0.15) is 38.5 Å². The summed E-state index contributed by atoms with van der Waals surface area (Å²) >= 11 is 0. The Morgan fingerprint density at radius 3 is 2.59 bits per heavy atom. The molecule has 1 saturated heterocycles. The summed E-state index contributed by atoms with van der Waals surface area (Å²) in [5, 5.41) is 16.0. The zero-order valence-electron chi connectivity index (χ0n) is 16.7. The lowest BCUT2D eigenvalue weighted by molar-refractivity contribution is 0.0601. The van der Waals surface area contributed by atoms with Crippen molar-refractivity contribution in [3.05, 3.63) is 70.4 Å². The molecule has 0 aliphatic carbocycles. The van der Waals surface area contributed by atoms with Crippen LogP contribution < -0.4 is 4.74 Å². The molecule has 0 spiro atoms. The molecule has 3 aromatic rings. The summed E-state index contributed by atoms with van der Waals surface area (Å²) in [5.74, 6) is 0.997. The van der Waals surface area contributed by atoms with E-state index >= 15 is 0 Å². The molecule has 2 heterocycles. The van der Waals surface area contributed by atoms with E-state index in [9.17, 15) is 4.79 Å². The Hall–Kier alpha value is -3.59. The highest BCUT2D eigenvalue weighted by Gasteiger charge is 2.33. The number of ether oxygens (including phenoxy) is 1. The van der Waals surface area contributed by atoms with Gasteiger partial charge < -0.3 is 9.64 Å². The lowest BCUT2D eigenvalue weighted by Crippen LogP contribution is -2.48. The number of carbonyl (C=O) groups excluding carboxylic acids is 1. The van der Waals surface area contributed by atoms with Crippen molar-refractivity contribution in [2.75, 3.05) is 20.2 Å². The number of amides is 1. The number of nitrogens with one attached hydrogen (secondary N) is 1. The topological polar surface area (TPSA) is 82.0 Å². The van der Waals surface area contributed by atoms with Crippen LogP contribution in [0.2, 0.25) is 0 Å². The van der Waals surface area contributed by atoms with Crippen molar-refractivity contribution in [3.8, 4) is 23.1 Å². The van der Waals surface area contributed by atoms with Crippen molar-refractivity contribution in [1.29, 1.82) is 5.26 Å². The van der Waals surface area contributed by atoms with Crippen molar-refractivity contribution >= 4 is 5.91 Å². The normalized spacial score (nSPS) is 13.7. The summed E-state index contributed by atoms with van der Waals surface area (Å²) in [6.45, 7) is 5.34. The average Bonchev–Trinajstić information content (AvgIpc) is 3.16. The first-order chi connectivity index (χ1) is 14.0. The van der Waals surface area contributed by atoms with Gasteiger partial charge in [-0.2, -0.15) is 10.4 Å². The van der Waals surface area contributed by atoms with Gasteiger partial charge in [-0.3, -0.25) is 9.89 Å². The molecule has 0 unspecified atom stereocenters. The second kappa shape index (κ2) is 7.44. The summed E-state index contributed by atoms with van der Waals surface area (Å²) in [4.78, 5) is 15.0. The van der Waals surface area contributed by atoms with Gasteiger partial charge in [0.25, 0.3) is 5.91 Å². The second-order valence-corrected chi connectivity index (χ2v) is 7.44. The molecular weight excluding hydrogens is 364 g/mol. The van der Waals surface area contributed by atoms with Crippen molar-refractivity contribution in [2.45, 2.75) is 19.8 Å². The maximum absolute atomic E-state index is 13.1. The van der Waals surface area contributed by atoms with Gasteiger partial charge >= 0.3 is 0 Å². The van der Waals surface area contributed by atoms with E-state index in [1.807, 2.05) is 55.1 Å². The number of benzene rings is 2. The molecule has 29 heavy (non-hydrogen) atoms. The molecule has 6 nitrogen and oxygen atoms in total. The van der Waals surface area contributed by atoms with Crippen LogP contribution in [0.3, 0.4) is 0 Å². The summed E-state index contributed by atoms with van der Waals surface area (Å²) in [6.07, 6.45) is 1.63. The van der Waals surface area contributed by atoms with E-state index in [4.69, 9.17) is 10.00 Å². The number of likely N-dealkylation sites (tertiary alicyclic amines) is 1. The molecule has 1 amide bonds. The van der Waals surface area contributed by atoms with Gasteiger partial charge in [0, 0.05) is 30.1 Å². The van der Waals surface area contributed by atoms with Gasteiger partial charge in [-0.05, 0) is 48.7 Å². The Morgan fingerprint density at radius 1 is 1.21 bits per heavy atom. The zero-order chi connectivity index (χ0) is 20.5. The van der Waals surface area contributed by atoms with E-state index in [-0.39, 0.29) is 5.91 Å². The number of rotatable bonds is 4. The Labute approximate surface area is 169 Å². The molecule has 146 valence electrons. The van der Waals surface area contributed by atoms with Crippen LogP contribution in [0.4, 0.5) is 0 Å². The third kappa shape index (κ3) is 3.36. The fraction of sp³-hybridized carbons (Fsp3) is 0.261. The van der Waals surface area contributed by atoms with E-state index in [1.165, 1.54) is 0 Å². The second-order valence-electron chi connectivity index (χ2n) is 7.44. The third-order valence-corrected chi connectivity index (χ3v) is 5.58. The lowest BCUT2D eigenvalue weighted by atomic mass is 9.89. The number of methoxy groups -OCH3 is 1. The number of carbonyl (C=O) groups is 1. The summed E-state index contributed by atoms with van der Waals surface area (Å²) in [5.41, 5.74) is 6.21. The Balaban J connectivity index is 1.55. The monoisotopic (exact) mass is 386 g/mol. The van der Waals surface area contributed by atoms with Crippen LogP contribution in [0.15, 0.2) is 42.6 Å². The first-order valence-corrected chi connectivity index (χ1v) is 9.50. The van der Waals surface area contributed by atoms with Gasteiger partial charge in [0.2, 0.25) is 0 Å². The standard InChI is InChI=1S/C23H22N4O2/c1-14-8-15(2)20(9-19(14)22-21(29-3)11-25-26-22)23(28)27-12-18(13-27)17-6-4-16(10-24)5-7-17/h4-9,11,18H,12-13H2,1-3H3,(H,25,26). The predicted octanol–water partition coefficient (Wildman–Crippen LogP) is 3.81.